The molecular formula is C13H15N3O. The van der Waals surface area contributed by atoms with E-state index >= 15 is 0 Å². The van der Waals surface area contributed by atoms with E-state index in [1.54, 1.807) is 7.11 Å². The Balaban J connectivity index is 1.94. The number of rotatable bonds is 2. The molecule has 1 aromatic carbocycles. The lowest BCUT2D eigenvalue weighted by atomic mass is 10.1. The van der Waals surface area contributed by atoms with Gasteiger partial charge in [0.05, 0.1) is 12.8 Å². The van der Waals surface area contributed by atoms with Crippen molar-refractivity contribution in [3.8, 4) is 17.0 Å². The van der Waals surface area contributed by atoms with Gasteiger partial charge >= 0.3 is 0 Å². The number of ether oxygens (including phenoxy) is 1. The van der Waals surface area contributed by atoms with Crippen LogP contribution in [0, 0.1) is 0 Å². The quantitative estimate of drug-likeness (QED) is 0.859. The van der Waals surface area contributed by atoms with Crippen LogP contribution in [-0.4, -0.2) is 23.4 Å². The van der Waals surface area contributed by atoms with Gasteiger partial charge in [-0.25, -0.2) is 4.68 Å². The molecule has 0 bridgehead atoms. The van der Waals surface area contributed by atoms with E-state index in [1.807, 2.05) is 28.9 Å². The van der Waals surface area contributed by atoms with Gasteiger partial charge in [0.1, 0.15) is 11.6 Å². The molecule has 0 saturated carbocycles. The van der Waals surface area contributed by atoms with Gasteiger partial charge in [-0.15, -0.1) is 0 Å². The first kappa shape index (κ1) is 10.2. The summed E-state index contributed by atoms with van der Waals surface area (Å²) in [4.78, 5) is 0. The lowest BCUT2D eigenvalue weighted by Gasteiger charge is -2.14. The zero-order chi connectivity index (χ0) is 11.7. The molecule has 88 valence electrons. The number of nitrogens with one attached hydrogen (secondary N) is 1. The van der Waals surface area contributed by atoms with E-state index in [4.69, 9.17) is 4.74 Å². The van der Waals surface area contributed by atoms with E-state index in [0.717, 1.165) is 42.3 Å². The summed E-state index contributed by atoms with van der Waals surface area (Å²) >= 11 is 0. The van der Waals surface area contributed by atoms with Crippen molar-refractivity contribution in [2.45, 2.75) is 13.0 Å². The van der Waals surface area contributed by atoms with E-state index in [-0.39, 0.29) is 0 Å². The van der Waals surface area contributed by atoms with Gasteiger partial charge in [0.15, 0.2) is 0 Å². The monoisotopic (exact) mass is 229 g/mol. The number of nitrogens with zero attached hydrogens (tertiary/aromatic N) is 2. The number of benzene rings is 1. The van der Waals surface area contributed by atoms with Crippen molar-refractivity contribution >= 4 is 5.82 Å². The van der Waals surface area contributed by atoms with E-state index < -0.39 is 0 Å². The van der Waals surface area contributed by atoms with E-state index in [9.17, 15) is 0 Å². The standard InChI is InChI=1S/C13H15N3O/c1-17-11-5-3-10(4-6-11)12-9-13-14-7-2-8-16(13)15-12/h3-6,9,14H,2,7-8H2,1H3. The number of methoxy groups -OCH3 is 1. The van der Waals surface area contributed by atoms with Crippen LogP contribution in [0.4, 0.5) is 5.82 Å². The summed E-state index contributed by atoms with van der Waals surface area (Å²) in [6, 6.07) is 10.1. The van der Waals surface area contributed by atoms with Crippen LogP contribution in [0.3, 0.4) is 0 Å². The Hall–Kier alpha value is -1.97. The van der Waals surface area contributed by atoms with Gasteiger partial charge in [-0.3, -0.25) is 0 Å². The molecule has 17 heavy (non-hydrogen) atoms. The molecule has 1 aliphatic heterocycles. The minimum Gasteiger partial charge on any atom is -0.497 e. The first-order valence-electron chi connectivity index (χ1n) is 5.83. The molecule has 0 amide bonds. The summed E-state index contributed by atoms with van der Waals surface area (Å²) in [5.74, 6) is 1.98. The summed E-state index contributed by atoms with van der Waals surface area (Å²) in [5, 5.41) is 7.94. The summed E-state index contributed by atoms with van der Waals surface area (Å²) in [5.41, 5.74) is 2.13. The van der Waals surface area contributed by atoms with Crippen LogP contribution >= 0.6 is 0 Å². The molecule has 2 aromatic rings. The number of anilines is 1. The van der Waals surface area contributed by atoms with E-state index in [1.165, 1.54) is 0 Å². The second kappa shape index (κ2) is 4.13. The second-order valence-electron chi connectivity index (χ2n) is 4.15. The predicted molar refractivity (Wildman–Crippen MR) is 67.3 cm³/mol. The average molecular weight is 229 g/mol. The largest absolute Gasteiger partial charge is 0.497 e. The molecule has 0 aliphatic carbocycles. The number of hydrogen-bond donors (Lipinski definition) is 1. The number of aromatic nitrogens is 2. The minimum atomic E-state index is 0.871. The highest BCUT2D eigenvalue weighted by Gasteiger charge is 2.12. The number of aryl methyl sites for hydroxylation is 1. The predicted octanol–water partition coefficient (Wildman–Crippen LogP) is 2.37. The van der Waals surface area contributed by atoms with Crippen LogP contribution in [0.1, 0.15) is 6.42 Å². The molecule has 1 aromatic heterocycles. The maximum Gasteiger partial charge on any atom is 0.124 e. The summed E-state index contributed by atoms with van der Waals surface area (Å²) in [6.07, 6.45) is 1.14. The molecular weight excluding hydrogens is 214 g/mol. The first-order valence-corrected chi connectivity index (χ1v) is 5.83. The van der Waals surface area contributed by atoms with Gasteiger partial charge in [0.2, 0.25) is 0 Å². The summed E-state index contributed by atoms with van der Waals surface area (Å²) < 4.78 is 7.18. The molecule has 0 radical (unpaired) electrons. The number of fused-ring (bicyclic) bond motifs is 1. The minimum absolute atomic E-state index is 0.871. The van der Waals surface area contributed by atoms with Crippen LogP contribution in [0.2, 0.25) is 0 Å². The highest BCUT2D eigenvalue weighted by molar-refractivity contribution is 5.64. The molecule has 0 fully saturated rings. The van der Waals surface area contributed by atoms with Gasteiger partial charge in [0, 0.05) is 24.7 Å². The highest BCUT2D eigenvalue weighted by Crippen LogP contribution is 2.25. The van der Waals surface area contributed by atoms with Crippen molar-refractivity contribution in [1.82, 2.24) is 9.78 Å². The Kier molecular flexibility index (Phi) is 2.48. The van der Waals surface area contributed by atoms with Crippen LogP contribution in [0.5, 0.6) is 5.75 Å². The molecule has 2 heterocycles. The Morgan fingerprint density at radius 1 is 1.29 bits per heavy atom. The van der Waals surface area contributed by atoms with Crippen molar-refractivity contribution in [2.75, 3.05) is 19.0 Å². The fourth-order valence-electron chi connectivity index (χ4n) is 2.08. The molecule has 0 unspecified atom stereocenters. The molecule has 0 atom stereocenters. The average Bonchev–Trinajstić information content (AvgIpc) is 2.82. The van der Waals surface area contributed by atoms with Gasteiger partial charge in [-0.2, -0.15) is 5.10 Å². The zero-order valence-electron chi connectivity index (χ0n) is 9.81. The second-order valence-corrected chi connectivity index (χ2v) is 4.15. The van der Waals surface area contributed by atoms with E-state index in [0.29, 0.717) is 0 Å². The van der Waals surface area contributed by atoms with Gasteiger partial charge in [-0.05, 0) is 30.7 Å². The Labute approximate surface area is 100 Å². The van der Waals surface area contributed by atoms with Crippen molar-refractivity contribution < 1.29 is 4.74 Å². The lowest BCUT2D eigenvalue weighted by Crippen LogP contribution is -2.17. The maximum absolute atomic E-state index is 5.15. The van der Waals surface area contributed by atoms with Crippen LogP contribution in [-0.2, 0) is 6.54 Å². The first-order chi connectivity index (χ1) is 8.36. The summed E-state index contributed by atoms with van der Waals surface area (Å²) in [6.45, 7) is 2.03. The third kappa shape index (κ3) is 1.86. The van der Waals surface area contributed by atoms with Crippen molar-refractivity contribution in [3.63, 3.8) is 0 Å². The van der Waals surface area contributed by atoms with Gasteiger partial charge in [-0.1, -0.05) is 0 Å². The molecule has 4 heteroatoms. The molecule has 4 nitrogen and oxygen atoms in total. The molecule has 0 saturated heterocycles. The Morgan fingerprint density at radius 2 is 2.12 bits per heavy atom. The molecule has 0 spiro atoms. The van der Waals surface area contributed by atoms with Crippen LogP contribution < -0.4 is 10.1 Å². The van der Waals surface area contributed by atoms with E-state index in [2.05, 4.69) is 16.5 Å². The normalized spacial score (nSPS) is 13.9. The topological polar surface area (TPSA) is 39.1 Å². The van der Waals surface area contributed by atoms with Crippen LogP contribution in [0.25, 0.3) is 11.3 Å². The van der Waals surface area contributed by atoms with Crippen molar-refractivity contribution in [1.29, 1.82) is 0 Å². The van der Waals surface area contributed by atoms with Gasteiger partial charge in [0.25, 0.3) is 0 Å². The third-order valence-corrected chi connectivity index (χ3v) is 3.02. The molecule has 1 aliphatic rings. The SMILES string of the molecule is COc1ccc(-c2cc3n(n2)CCCN3)cc1. The Morgan fingerprint density at radius 3 is 2.82 bits per heavy atom. The fourth-order valence-corrected chi connectivity index (χ4v) is 2.08. The highest BCUT2D eigenvalue weighted by atomic mass is 16.5. The molecule has 1 N–H and O–H groups in total. The Bertz CT molecular complexity index is 492. The summed E-state index contributed by atoms with van der Waals surface area (Å²) in [7, 11) is 1.67. The van der Waals surface area contributed by atoms with Crippen molar-refractivity contribution in [2.24, 2.45) is 0 Å². The molecule has 3 rings (SSSR count). The zero-order valence-corrected chi connectivity index (χ0v) is 9.81. The fraction of sp³-hybridized carbons (Fsp3) is 0.308. The smallest absolute Gasteiger partial charge is 0.124 e. The van der Waals surface area contributed by atoms with Gasteiger partial charge < -0.3 is 10.1 Å². The lowest BCUT2D eigenvalue weighted by molar-refractivity contribution is 0.415. The van der Waals surface area contributed by atoms with Crippen LogP contribution in [0.15, 0.2) is 30.3 Å². The third-order valence-electron chi connectivity index (χ3n) is 3.02. The maximum atomic E-state index is 5.15. The number of hydrogen-bond acceptors (Lipinski definition) is 3. The van der Waals surface area contributed by atoms with Crippen molar-refractivity contribution in [3.05, 3.63) is 30.3 Å².